The van der Waals surface area contributed by atoms with E-state index in [-0.39, 0.29) is 18.7 Å². The minimum atomic E-state index is -0.500. The average Bonchev–Trinajstić information content (AvgIpc) is 3.26. The van der Waals surface area contributed by atoms with Gasteiger partial charge in [-0.05, 0) is 47.4 Å². The Morgan fingerprint density at radius 2 is 1.47 bits per heavy atom. The summed E-state index contributed by atoms with van der Waals surface area (Å²) in [4.78, 5) is 13.1. The van der Waals surface area contributed by atoms with Gasteiger partial charge in [0, 0.05) is 13.0 Å². The zero-order valence-corrected chi connectivity index (χ0v) is 22.2. The van der Waals surface area contributed by atoms with Gasteiger partial charge in [-0.25, -0.2) is 0 Å². The van der Waals surface area contributed by atoms with Gasteiger partial charge >= 0.3 is 5.97 Å². The van der Waals surface area contributed by atoms with Gasteiger partial charge in [0.15, 0.2) is 23.0 Å². The molecule has 0 unspecified atom stereocenters. The Kier molecular flexibility index (Phi) is 9.46. The molecule has 3 aromatic carbocycles. The van der Waals surface area contributed by atoms with Crippen LogP contribution in [0.5, 0.6) is 23.0 Å². The highest BCUT2D eigenvalue weighted by Crippen LogP contribution is 2.43. The van der Waals surface area contributed by atoms with Crippen molar-refractivity contribution in [3.8, 4) is 23.0 Å². The highest BCUT2D eigenvalue weighted by atomic mass is 16.7. The molecular formula is C30H34O8. The average molecular weight is 523 g/mol. The predicted molar refractivity (Wildman–Crippen MR) is 141 cm³/mol. The fourth-order valence-electron chi connectivity index (χ4n) is 4.68. The van der Waals surface area contributed by atoms with Crippen LogP contribution in [-0.2, 0) is 32.0 Å². The number of methoxy groups -OCH3 is 4. The largest absolute Gasteiger partial charge is 0.493 e. The molecule has 8 nitrogen and oxygen atoms in total. The molecule has 1 aliphatic rings. The van der Waals surface area contributed by atoms with Crippen molar-refractivity contribution in [2.75, 3.05) is 41.8 Å². The molecule has 0 radical (unpaired) electrons. The van der Waals surface area contributed by atoms with E-state index in [0.29, 0.717) is 42.6 Å². The van der Waals surface area contributed by atoms with Crippen molar-refractivity contribution in [3.05, 3.63) is 83.4 Å². The van der Waals surface area contributed by atoms with Crippen LogP contribution in [0.25, 0.3) is 0 Å². The summed E-state index contributed by atoms with van der Waals surface area (Å²) < 4.78 is 39.1. The molecule has 202 valence electrons. The fraction of sp³-hybridized carbons (Fsp3) is 0.367. The molecule has 4 rings (SSSR count). The molecule has 8 heteroatoms. The smallest absolute Gasteiger partial charge is 0.310 e. The fourth-order valence-corrected chi connectivity index (χ4v) is 4.68. The van der Waals surface area contributed by atoms with Gasteiger partial charge in [0.1, 0.15) is 19.5 Å². The van der Waals surface area contributed by atoms with Gasteiger partial charge in [0.05, 0.1) is 33.9 Å². The zero-order chi connectivity index (χ0) is 26.9. The third kappa shape index (κ3) is 6.38. The maximum atomic E-state index is 13.1. The van der Waals surface area contributed by atoms with Gasteiger partial charge in [-0.1, -0.05) is 42.5 Å². The molecule has 0 bridgehead atoms. The second kappa shape index (κ2) is 13.2. The van der Waals surface area contributed by atoms with E-state index in [2.05, 4.69) is 0 Å². The summed E-state index contributed by atoms with van der Waals surface area (Å²) >= 11 is 0. The van der Waals surface area contributed by atoms with Crippen LogP contribution in [0.4, 0.5) is 0 Å². The highest BCUT2D eigenvalue weighted by molar-refractivity contribution is 5.76. The Balaban J connectivity index is 1.54. The Morgan fingerprint density at radius 3 is 2.18 bits per heavy atom. The van der Waals surface area contributed by atoms with E-state index in [1.807, 2.05) is 60.7 Å². The van der Waals surface area contributed by atoms with Crippen molar-refractivity contribution in [3.63, 3.8) is 0 Å². The normalized spacial score (nSPS) is 18.6. The topological polar surface area (TPSA) is 81.7 Å². The lowest BCUT2D eigenvalue weighted by molar-refractivity contribution is -0.144. The Morgan fingerprint density at radius 1 is 0.763 bits per heavy atom. The van der Waals surface area contributed by atoms with E-state index in [1.54, 1.807) is 34.5 Å². The van der Waals surface area contributed by atoms with Crippen molar-refractivity contribution in [1.82, 2.24) is 0 Å². The summed E-state index contributed by atoms with van der Waals surface area (Å²) in [5, 5.41) is 0. The number of hydrogen-bond donors (Lipinski definition) is 0. The van der Waals surface area contributed by atoms with Gasteiger partial charge in [-0.15, -0.1) is 0 Å². The summed E-state index contributed by atoms with van der Waals surface area (Å²) in [5.74, 6) is 1.47. The predicted octanol–water partition coefficient (Wildman–Crippen LogP) is 4.98. The van der Waals surface area contributed by atoms with Gasteiger partial charge in [-0.3, -0.25) is 4.79 Å². The Labute approximate surface area is 223 Å². The SMILES string of the molecule is COCOC[C@@H]1[C@@H](Cc2ccc(OCc3ccccc3)c(OC)c2)C(=O)O[C@H]1c1ccc(OC)c(OC)c1. The minimum Gasteiger partial charge on any atom is -0.493 e. The number of rotatable bonds is 13. The van der Waals surface area contributed by atoms with Crippen molar-refractivity contribution in [1.29, 1.82) is 0 Å². The molecule has 0 saturated carbocycles. The van der Waals surface area contributed by atoms with Gasteiger partial charge in [0.2, 0.25) is 0 Å². The second-order valence-electron chi connectivity index (χ2n) is 8.98. The summed E-state index contributed by atoms with van der Waals surface area (Å²) in [7, 11) is 6.32. The van der Waals surface area contributed by atoms with E-state index in [1.165, 1.54) is 0 Å². The Hall–Kier alpha value is -3.75. The first-order valence-electron chi connectivity index (χ1n) is 12.4. The maximum Gasteiger partial charge on any atom is 0.310 e. The van der Waals surface area contributed by atoms with Gasteiger partial charge < -0.3 is 33.2 Å². The van der Waals surface area contributed by atoms with Crippen LogP contribution in [0.2, 0.25) is 0 Å². The molecule has 1 saturated heterocycles. The van der Waals surface area contributed by atoms with Crippen molar-refractivity contribution < 1.29 is 38.0 Å². The summed E-state index contributed by atoms with van der Waals surface area (Å²) in [6.07, 6.45) is -0.0431. The number of benzene rings is 3. The minimum absolute atomic E-state index is 0.122. The van der Waals surface area contributed by atoms with Gasteiger partial charge in [-0.2, -0.15) is 0 Å². The first-order valence-corrected chi connectivity index (χ1v) is 12.4. The van der Waals surface area contributed by atoms with Gasteiger partial charge in [0.25, 0.3) is 0 Å². The molecule has 0 N–H and O–H groups in total. The number of carbonyl (C=O) groups excluding carboxylic acids is 1. The quantitative estimate of drug-likeness (QED) is 0.177. The van der Waals surface area contributed by atoms with E-state index >= 15 is 0 Å². The molecule has 0 aliphatic carbocycles. The number of ether oxygens (including phenoxy) is 7. The number of hydrogen-bond acceptors (Lipinski definition) is 8. The molecular weight excluding hydrogens is 488 g/mol. The van der Waals surface area contributed by atoms with Crippen LogP contribution in [0, 0.1) is 11.8 Å². The lowest BCUT2D eigenvalue weighted by Gasteiger charge is -2.22. The summed E-state index contributed by atoms with van der Waals surface area (Å²) in [6.45, 7) is 0.841. The van der Waals surface area contributed by atoms with Crippen LogP contribution in [0.15, 0.2) is 66.7 Å². The van der Waals surface area contributed by atoms with Crippen LogP contribution < -0.4 is 18.9 Å². The number of esters is 1. The van der Waals surface area contributed by atoms with Crippen LogP contribution in [0.3, 0.4) is 0 Å². The summed E-state index contributed by atoms with van der Waals surface area (Å²) in [5.41, 5.74) is 2.81. The second-order valence-corrected chi connectivity index (χ2v) is 8.98. The number of carbonyl (C=O) groups is 1. The number of cyclic esters (lactones) is 1. The van der Waals surface area contributed by atoms with Crippen molar-refractivity contribution in [2.45, 2.75) is 19.1 Å². The van der Waals surface area contributed by atoms with Crippen molar-refractivity contribution in [2.24, 2.45) is 11.8 Å². The molecule has 0 amide bonds. The molecule has 1 fully saturated rings. The first kappa shape index (κ1) is 27.3. The van der Waals surface area contributed by atoms with Crippen LogP contribution in [0.1, 0.15) is 22.8 Å². The van der Waals surface area contributed by atoms with E-state index in [9.17, 15) is 4.79 Å². The molecule has 38 heavy (non-hydrogen) atoms. The molecule has 0 spiro atoms. The zero-order valence-electron chi connectivity index (χ0n) is 22.2. The molecule has 3 atom stereocenters. The van der Waals surface area contributed by atoms with Crippen LogP contribution >= 0.6 is 0 Å². The van der Waals surface area contributed by atoms with Crippen LogP contribution in [-0.4, -0.2) is 47.8 Å². The van der Waals surface area contributed by atoms with E-state index in [4.69, 9.17) is 33.2 Å². The monoisotopic (exact) mass is 522 g/mol. The third-order valence-electron chi connectivity index (χ3n) is 6.62. The molecule has 0 aromatic heterocycles. The first-order chi connectivity index (χ1) is 18.6. The van der Waals surface area contributed by atoms with E-state index < -0.39 is 12.0 Å². The maximum absolute atomic E-state index is 13.1. The molecule has 1 heterocycles. The third-order valence-corrected chi connectivity index (χ3v) is 6.62. The lowest BCUT2D eigenvalue weighted by atomic mass is 9.83. The lowest BCUT2D eigenvalue weighted by Crippen LogP contribution is -2.25. The van der Waals surface area contributed by atoms with E-state index in [0.717, 1.165) is 16.7 Å². The highest BCUT2D eigenvalue weighted by Gasteiger charge is 2.45. The standard InChI is InChI=1S/C30H34O8/c1-32-19-36-18-24-23(30(31)38-29(24)22-11-13-25(33-2)28(16-22)35-4)14-21-10-12-26(27(15-21)34-3)37-17-20-8-6-5-7-9-20/h5-13,15-16,23-24,29H,14,17-19H2,1-4H3/t23-,24-,29+/m1/s1. The molecule has 3 aromatic rings. The molecule has 1 aliphatic heterocycles. The Bertz CT molecular complexity index is 1200. The summed E-state index contributed by atoms with van der Waals surface area (Å²) in [6, 6.07) is 21.2. The van der Waals surface area contributed by atoms with Crippen molar-refractivity contribution >= 4 is 5.97 Å².